The second-order valence-corrected chi connectivity index (χ2v) is 5.72. The highest BCUT2D eigenvalue weighted by molar-refractivity contribution is 5.93. The molecule has 1 saturated carbocycles. The average Bonchev–Trinajstić information content (AvgIpc) is 3.33. The van der Waals surface area contributed by atoms with Gasteiger partial charge in [0.25, 0.3) is 5.91 Å². The predicted octanol–water partition coefficient (Wildman–Crippen LogP) is 2.97. The molecule has 0 radical (unpaired) electrons. The Morgan fingerprint density at radius 3 is 2.70 bits per heavy atom. The van der Waals surface area contributed by atoms with E-state index in [9.17, 15) is 4.79 Å². The summed E-state index contributed by atoms with van der Waals surface area (Å²) >= 11 is 0. The van der Waals surface area contributed by atoms with Crippen LogP contribution >= 0.6 is 0 Å². The van der Waals surface area contributed by atoms with Gasteiger partial charge >= 0.3 is 0 Å². The van der Waals surface area contributed by atoms with E-state index in [0.29, 0.717) is 18.0 Å². The van der Waals surface area contributed by atoms with Crippen LogP contribution in [0.2, 0.25) is 0 Å². The van der Waals surface area contributed by atoms with Crippen molar-refractivity contribution in [2.75, 3.05) is 6.54 Å². The van der Waals surface area contributed by atoms with Crippen molar-refractivity contribution in [3.05, 3.63) is 35.4 Å². The van der Waals surface area contributed by atoms with Crippen molar-refractivity contribution < 1.29 is 4.79 Å². The third-order valence-corrected chi connectivity index (χ3v) is 3.99. The molecule has 0 spiro atoms. The largest absolute Gasteiger partial charge is 0.352 e. The van der Waals surface area contributed by atoms with E-state index in [-0.39, 0.29) is 5.91 Å². The summed E-state index contributed by atoms with van der Waals surface area (Å²) in [5.74, 6) is 1.35. The van der Waals surface area contributed by atoms with Crippen LogP contribution in [0.4, 0.5) is 0 Å². The number of hydrogen-bond donors (Lipinski definition) is 1. The van der Waals surface area contributed by atoms with Crippen LogP contribution in [0.15, 0.2) is 24.0 Å². The number of allylic oxidation sites excluding steroid dienone is 1. The minimum absolute atomic E-state index is 0.0660. The minimum atomic E-state index is -0.0660. The Balaban J connectivity index is 1.47. The Kier molecular flexibility index (Phi) is 4.09. The van der Waals surface area contributed by atoms with Gasteiger partial charge in [-0.15, -0.1) is 0 Å². The van der Waals surface area contributed by atoms with Gasteiger partial charge in [0.2, 0.25) is 0 Å². The van der Waals surface area contributed by atoms with E-state index in [2.05, 4.69) is 21.4 Å². The number of carbonyl (C=O) groups is 1. The van der Waals surface area contributed by atoms with Crippen LogP contribution in [0.25, 0.3) is 0 Å². The van der Waals surface area contributed by atoms with Crippen LogP contribution in [-0.2, 0) is 0 Å². The molecule has 3 rings (SSSR count). The zero-order chi connectivity index (χ0) is 13.8. The summed E-state index contributed by atoms with van der Waals surface area (Å²) < 4.78 is 0. The summed E-state index contributed by atoms with van der Waals surface area (Å²) in [5.41, 5.74) is 2.05. The van der Waals surface area contributed by atoms with Gasteiger partial charge in [-0.3, -0.25) is 4.79 Å². The molecule has 0 saturated heterocycles. The number of carbonyl (C=O) groups excluding carboxylic acids is 1. The molecule has 0 atom stereocenters. The third-order valence-electron chi connectivity index (χ3n) is 3.99. The van der Waals surface area contributed by atoms with Crippen LogP contribution in [0.5, 0.6) is 0 Å². The van der Waals surface area contributed by atoms with Gasteiger partial charge < -0.3 is 5.32 Å². The molecular weight excluding hydrogens is 250 g/mol. The molecule has 106 valence electrons. The highest BCUT2D eigenvalue weighted by Gasteiger charge is 2.26. The highest BCUT2D eigenvalue weighted by Crippen LogP contribution is 2.37. The Labute approximate surface area is 119 Å². The fourth-order valence-corrected chi connectivity index (χ4v) is 2.58. The Hall–Kier alpha value is -1.71. The molecule has 0 unspecified atom stereocenters. The first-order valence-electron chi connectivity index (χ1n) is 7.61. The molecule has 2 aliphatic carbocycles. The Morgan fingerprint density at radius 2 is 2.05 bits per heavy atom. The van der Waals surface area contributed by atoms with E-state index in [1.54, 1.807) is 12.4 Å². The standard InChI is InChI=1S/C16H21N3O/c20-16(17-9-8-12-4-2-1-3-5-12)14-10-18-15(19-11-14)13-6-7-13/h4,10-11,13H,1-3,5-9H2,(H,17,20). The smallest absolute Gasteiger partial charge is 0.254 e. The van der Waals surface area contributed by atoms with Crippen LogP contribution in [0, 0.1) is 0 Å². The molecule has 1 fully saturated rings. The van der Waals surface area contributed by atoms with Crippen LogP contribution in [-0.4, -0.2) is 22.4 Å². The summed E-state index contributed by atoms with van der Waals surface area (Å²) in [6.45, 7) is 0.703. The zero-order valence-electron chi connectivity index (χ0n) is 11.8. The van der Waals surface area contributed by atoms with Crippen molar-refractivity contribution in [2.45, 2.75) is 50.9 Å². The number of rotatable bonds is 5. The second-order valence-electron chi connectivity index (χ2n) is 5.72. The van der Waals surface area contributed by atoms with Gasteiger partial charge in [-0.25, -0.2) is 9.97 Å². The summed E-state index contributed by atoms with van der Waals surface area (Å²) in [4.78, 5) is 20.5. The lowest BCUT2D eigenvalue weighted by Gasteiger charge is -2.12. The fourth-order valence-electron chi connectivity index (χ4n) is 2.58. The zero-order valence-corrected chi connectivity index (χ0v) is 11.8. The summed E-state index contributed by atoms with van der Waals surface area (Å²) in [5, 5.41) is 2.95. The lowest BCUT2D eigenvalue weighted by Crippen LogP contribution is -2.25. The summed E-state index contributed by atoms with van der Waals surface area (Å²) in [7, 11) is 0. The first-order valence-corrected chi connectivity index (χ1v) is 7.61. The minimum Gasteiger partial charge on any atom is -0.352 e. The maximum atomic E-state index is 12.0. The molecule has 1 amide bonds. The van der Waals surface area contributed by atoms with Gasteiger partial charge in [0, 0.05) is 24.9 Å². The lowest BCUT2D eigenvalue weighted by molar-refractivity contribution is 0.0953. The van der Waals surface area contributed by atoms with E-state index in [0.717, 1.165) is 12.2 Å². The molecule has 4 nitrogen and oxygen atoms in total. The van der Waals surface area contributed by atoms with Crippen molar-refractivity contribution in [1.29, 1.82) is 0 Å². The van der Waals surface area contributed by atoms with E-state index in [4.69, 9.17) is 0 Å². The second kappa shape index (κ2) is 6.16. The van der Waals surface area contributed by atoms with Gasteiger partial charge in [-0.05, 0) is 44.9 Å². The molecule has 1 heterocycles. The van der Waals surface area contributed by atoms with Crippen LogP contribution in [0.3, 0.4) is 0 Å². The monoisotopic (exact) mass is 271 g/mol. The number of amides is 1. The van der Waals surface area contributed by atoms with Gasteiger partial charge in [-0.2, -0.15) is 0 Å². The topological polar surface area (TPSA) is 54.9 Å². The maximum Gasteiger partial charge on any atom is 0.254 e. The molecule has 0 aliphatic heterocycles. The van der Waals surface area contributed by atoms with Crippen molar-refractivity contribution in [3.63, 3.8) is 0 Å². The van der Waals surface area contributed by atoms with Crippen molar-refractivity contribution in [3.8, 4) is 0 Å². The number of nitrogens with one attached hydrogen (secondary N) is 1. The quantitative estimate of drug-likeness (QED) is 0.838. The normalized spacial score (nSPS) is 18.5. The van der Waals surface area contributed by atoms with Crippen molar-refractivity contribution >= 4 is 5.91 Å². The number of hydrogen-bond acceptors (Lipinski definition) is 3. The van der Waals surface area contributed by atoms with E-state index in [1.165, 1.54) is 44.1 Å². The molecule has 1 N–H and O–H groups in total. The van der Waals surface area contributed by atoms with Gasteiger partial charge in [0.15, 0.2) is 0 Å². The lowest BCUT2D eigenvalue weighted by atomic mass is 9.97. The summed E-state index contributed by atoms with van der Waals surface area (Å²) in [6.07, 6.45) is 13.9. The maximum absolute atomic E-state index is 12.0. The van der Waals surface area contributed by atoms with Gasteiger partial charge in [-0.1, -0.05) is 11.6 Å². The molecule has 2 aliphatic rings. The Morgan fingerprint density at radius 1 is 1.25 bits per heavy atom. The summed E-state index contributed by atoms with van der Waals surface area (Å²) in [6, 6.07) is 0. The first-order chi connectivity index (χ1) is 9.83. The predicted molar refractivity (Wildman–Crippen MR) is 77.5 cm³/mol. The van der Waals surface area contributed by atoms with Crippen molar-refractivity contribution in [1.82, 2.24) is 15.3 Å². The van der Waals surface area contributed by atoms with Crippen molar-refractivity contribution in [2.24, 2.45) is 0 Å². The van der Waals surface area contributed by atoms with E-state index in [1.807, 2.05) is 0 Å². The van der Waals surface area contributed by atoms with Crippen LogP contribution in [0.1, 0.15) is 67.0 Å². The van der Waals surface area contributed by atoms with E-state index < -0.39 is 0 Å². The SMILES string of the molecule is O=C(NCCC1=CCCCC1)c1cnc(C2CC2)nc1. The third kappa shape index (κ3) is 3.44. The molecule has 1 aromatic rings. The van der Waals surface area contributed by atoms with E-state index >= 15 is 0 Å². The van der Waals surface area contributed by atoms with Crippen LogP contribution < -0.4 is 5.32 Å². The van der Waals surface area contributed by atoms with Gasteiger partial charge in [0.1, 0.15) is 5.82 Å². The van der Waals surface area contributed by atoms with Gasteiger partial charge in [0.05, 0.1) is 5.56 Å². The molecule has 0 aromatic carbocycles. The highest BCUT2D eigenvalue weighted by atomic mass is 16.1. The fraction of sp³-hybridized carbons (Fsp3) is 0.562. The average molecular weight is 271 g/mol. The Bertz CT molecular complexity index is 503. The first kappa shape index (κ1) is 13.3. The molecule has 20 heavy (non-hydrogen) atoms. The molecule has 1 aromatic heterocycles. The molecule has 4 heteroatoms. The molecule has 0 bridgehead atoms. The number of aromatic nitrogens is 2. The molecular formula is C16H21N3O. The number of nitrogens with zero attached hydrogens (tertiary/aromatic N) is 2.